The summed E-state index contributed by atoms with van der Waals surface area (Å²) >= 11 is 0. The largest absolute Gasteiger partial charge is 0.394 e. The van der Waals surface area contributed by atoms with Crippen LogP contribution in [0, 0.1) is 11.6 Å². The third kappa shape index (κ3) is 4.37. The van der Waals surface area contributed by atoms with E-state index in [0.717, 1.165) is 18.4 Å². The second kappa shape index (κ2) is 5.99. The minimum Gasteiger partial charge on any atom is -0.394 e. The molecular formula is C9H13F2N3O4S2. The lowest BCUT2D eigenvalue weighted by Crippen LogP contribution is -2.34. The van der Waals surface area contributed by atoms with Crippen molar-refractivity contribution in [1.82, 2.24) is 9.44 Å². The van der Waals surface area contributed by atoms with Crippen LogP contribution >= 0.6 is 0 Å². The average molecular weight is 329 g/mol. The summed E-state index contributed by atoms with van der Waals surface area (Å²) in [5, 5.41) is 0. The lowest BCUT2D eigenvalue weighted by atomic mass is 10.3. The molecule has 0 saturated carbocycles. The van der Waals surface area contributed by atoms with Crippen LogP contribution in [0.25, 0.3) is 0 Å². The van der Waals surface area contributed by atoms with E-state index in [1.807, 2.05) is 9.44 Å². The lowest BCUT2D eigenvalue weighted by Gasteiger charge is -2.09. The third-order valence-electron chi connectivity index (χ3n) is 2.16. The van der Waals surface area contributed by atoms with Crippen LogP contribution in [0.3, 0.4) is 0 Å². The van der Waals surface area contributed by atoms with Crippen LogP contribution in [0.15, 0.2) is 17.0 Å². The van der Waals surface area contributed by atoms with Gasteiger partial charge in [0.1, 0.15) is 16.4 Å². The summed E-state index contributed by atoms with van der Waals surface area (Å²) in [5.74, 6) is -2.46. The summed E-state index contributed by atoms with van der Waals surface area (Å²) < 4.78 is 75.5. The molecule has 114 valence electrons. The molecule has 0 radical (unpaired) electrons. The molecule has 7 nitrogen and oxygen atoms in total. The zero-order chi connectivity index (χ0) is 15.6. The summed E-state index contributed by atoms with van der Waals surface area (Å²) in [7, 11) is -7.71. The van der Waals surface area contributed by atoms with Crippen molar-refractivity contribution in [2.24, 2.45) is 0 Å². The molecule has 1 aromatic carbocycles. The van der Waals surface area contributed by atoms with Gasteiger partial charge in [-0.3, -0.25) is 0 Å². The first-order valence-corrected chi connectivity index (χ1v) is 8.60. The Hall–Kier alpha value is -1.30. The van der Waals surface area contributed by atoms with Crippen LogP contribution in [0.5, 0.6) is 0 Å². The number of hydrogen-bond acceptors (Lipinski definition) is 5. The Bertz CT molecular complexity index is 704. The minimum atomic E-state index is -4.25. The minimum absolute atomic E-state index is 0.212. The van der Waals surface area contributed by atoms with Gasteiger partial charge in [-0.2, -0.15) is 0 Å². The zero-order valence-corrected chi connectivity index (χ0v) is 12.0. The van der Waals surface area contributed by atoms with E-state index in [1.165, 1.54) is 0 Å². The number of hydrogen-bond donors (Lipinski definition) is 3. The molecule has 0 saturated heterocycles. The first kappa shape index (κ1) is 16.8. The van der Waals surface area contributed by atoms with E-state index in [4.69, 9.17) is 5.73 Å². The molecule has 0 unspecified atom stereocenters. The van der Waals surface area contributed by atoms with E-state index in [1.54, 1.807) is 0 Å². The highest BCUT2D eigenvalue weighted by Crippen LogP contribution is 2.22. The molecule has 0 atom stereocenters. The maximum atomic E-state index is 13.6. The molecule has 0 aliphatic heterocycles. The molecule has 0 spiro atoms. The molecule has 0 aromatic heterocycles. The molecule has 0 heterocycles. The van der Waals surface area contributed by atoms with Gasteiger partial charge in [0, 0.05) is 13.1 Å². The Kier molecular flexibility index (Phi) is 5.02. The van der Waals surface area contributed by atoms with Gasteiger partial charge in [0.25, 0.3) is 0 Å². The molecule has 11 heteroatoms. The number of nitrogens with two attached hydrogens (primary N) is 1. The fraction of sp³-hybridized carbons (Fsp3) is 0.333. The highest BCUT2D eigenvalue weighted by atomic mass is 32.2. The maximum absolute atomic E-state index is 13.6. The molecular weight excluding hydrogens is 316 g/mol. The van der Waals surface area contributed by atoms with Gasteiger partial charge >= 0.3 is 0 Å². The second-order valence-electron chi connectivity index (χ2n) is 3.84. The quantitative estimate of drug-likeness (QED) is 0.474. The van der Waals surface area contributed by atoms with Crippen molar-refractivity contribution in [2.75, 3.05) is 25.1 Å². The van der Waals surface area contributed by atoms with Gasteiger partial charge in [-0.05, 0) is 12.1 Å². The highest BCUT2D eigenvalue weighted by Gasteiger charge is 2.22. The summed E-state index contributed by atoms with van der Waals surface area (Å²) in [6, 6.07) is 1.45. The SMILES string of the molecule is CS(=O)(=O)NCCNS(=O)(=O)c1ccc(F)c(N)c1F. The fourth-order valence-electron chi connectivity index (χ4n) is 1.26. The number of rotatable bonds is 6. The Morgan fingerprint density at radius 1 is 1.10 bits per heavy atom. The number of halogens is 2. The topological polar surface area (TPSA) is 118 Å². The Labute approximate surface area is 115 Å². The van der Waals surface area contributed by atoms with Crippen LogP contribution in [0.1, 0.15) is 0 Å². The summed E-state index contributed by atoms with van der Waals surface area (Å²) in [5.41, 5.74) is 4.16. The van der Waals surface area contributed by atoms with E-state index in [2.05, 4.69) is 0 Å². The first-order chi connectivity index (χ1) is 9.04. The van der Waals surface area contributed by atoms with Crippen LogP contribution < -0.4 is 15.2 Å². The standard InChI is InChI=1S/C9H13F2N3O4S2/c1-19(15,16)13-4-5-14-20(17,18)7-3-2-6(10)9(12)8(7)11/h2-3,13-14H,4-5,12H2,1H3. The number of benzene rings is 1. The van der Waals surface area contributed by atoms with Gasteiger partial charge in [0.15, 0.2) is 5.82 Å². The van der Waals surface area contributed by atoms with Crippen LogP contribution in [0.4, 0.5) is 14.5 Å². The lowest BCUT2D eigenvalue weighted by molar-refractivity contribution is 0.546. The first-order valence-electron chi connectivity index (χ1n) is 5.22. The van der Waals surface area contributed by atoms with Crippen molar-refractivity contribution in [2.45, 2.75) is 4.90 Å². The monoisotopic (exact) mass is 329 g/mol. The van der Waals surface area contributed by atoms with Crippen molar-refractivity contribution in [3.05, 3.63) is 23.8 Å². The molecule has 1 rings (SSSR count). The molecule has 0 bridgehead atoms. The third-order valence-corrected chi connectivity index (χ3v) is 4.37. The number of nitrogen functional groups attached to an aromatic ring is 1. The van der Waals surface area contributed by atoms with Crippen LogP contribution in [-0.2, 0) is 20.0 Å². The van der Waals surface area contributed by atoms with E-state index in [-0.39, 0.29) is 13.1 Å². The number of nitrogens with one attached hydrogen (secondary N) is 2. The van der Waals surface area contributed by atoms with Gasteiger partial charge < -0.3 is 5.73 Å². The van der Waals surface area contributed by atoms with Crippen molar-refractivity contribution in [3.8, 4) is 0 Å². The van der Waals surface area contributed by atoms with Gasteiger partial charge in [-0.1, -0.05) is 0 Å². The van der Waals surface area contributed by atoms with Gasteiger partial charge in [-0.25, -0.2) is 35.1 Å². The van der Waals surface area contributed by atoms with E-state index >= 15 is 0 Å². The maximum Gasteiger partial charge on any atom is 0.243 e. The molecule has 1 aromatic rings. The summed E-state index contributed by atoms with van der Waals surface area (Å²) in [4.78, 5) is -0.809. The Morgan fingerprint density at radius 3 is 2.20 bits per heavy atom. The molecule has 20 heavy (non-hydrogen) atoms. The fourth-order valence-corrected chi connectivity index (χ4v) is 2.85. The van der Waals surface area contributed by atoms with Crippen molar-refractivity contribution >= 4 is 25.7 Å². The van der Waals surface area contributed by atoms with E-state index < -0.39 is 42.3 Å². The summed E-state index contributed by atoms with van der Waals surface area (Å²) in [6.45, 7) is -0.511. The average Bonchev–Trinajstić information content (AvgIpc) is 2.30. The van der Waals surface area contributed by atoms with Gasteiger partial charge in [0.2, 0.25) is 20.0 Å². The van der Waals surface area contributed by atoms with Gasteiger partial charge in [-0.15, -0.1) is 0 Å². The highest BCUT2D eigenvalue weighted by molar-refractivity contribution is 7.89. The predicted octanol–water partition coefficient (Wildman–Crippen LogP) is -0.626. The molecule has 0 aliphatic rings. The van der Waals surface area contributed by atoms with Crippen molar-refractivity contribution < 1.29 is 25.6 Å². The Balaban J connectivity index is 2.83. The van der Waals surface area contributed by atoms with Crippen LogP contribution in [-0.4, -0.2) is 36.2 Å². The smallest absolute Gasteiger partial charge is 0.243 e. The molecule has 4 N–H and O–H groups in total. The van der Waals surface area contributed by atoms with E-state index in [0.29, 0.717) is 0 Å². The van der Waals surface area contributed by atoms with Crippen LogP contribution in [0.2, 0.25) is 0 Å². The summed E-state index contributed by atoms with van der Waals surface area (Å²) in [6.07, 6.45) is 0.905. The Morgan fingerprint density at radius 2 is 1.65 bits per heavy atom. The zero-order valence-electron chi connectivity index (χ0n) is 10.4. The van der Waals surface area contributed by atoms with Crippen molar-refractivity contribution in [1.29, 1.82) is 0 Å². The predicted molar refractivity (Wildman–Crippen MR) is 68.8 cm³/mol. The number of anilines is 1. The van der Waals surface area contributed by atoms with E-state index in [9.17, 15) is 25.6 Å². The normalized spacial score (nSPS) is 12.6. The molecule has 0 fully saturated rings. The second-order valence-corrected chi connectivity index (χ2v) is 7.41. The molecule has 0 aliphatic carbocycles. The van der Waals surface area contributed by atoms with Gasteiger partial charge in [0.05, 0.1) is 6.26 Å². The number of sulfonamides is 2. The molecule has 0 amide bonds. The van der Waals surface area contributed by atoms with Crippen molar-refractivity contribution in [3.63, 3.8) is 0 Å².